The average Bonchev–Trinajstić information content (AvgIpc) is 2.73. The number of ketones is 1. The van der Waals surface area contributed by atoms with E-state index in [0.717, 1.165) is 15.5 Å². The Morgan fingerprint density at radius 3 is 2.78 bits per heavy atom. The van der Waals surface area contributed by atoms with Crippen molar-refractivity contribution in [1.29, 1.82) is 0 Å². The Morgan fingerprint density at radius 2 is 2.17 bits per heavy atom. The average molecular weight is 304 g/mol. The summed E-state index contributed by atoms with van der Waals surface area (Å²) in [7, 11) is -0.307. The highest BCUT2D eigenvalue weighted by Gasteiger charge is 2.25. The van der Waals surface area contributed by atoms with Crippen molar-refractivity contribution in [2.45, 2.75) is 14.8 Å². The van der Waals surface area contributed by atoms with E-state index in [9.17, 15) is 13.2 Å². The van der Waals surface area contributed by atoms with Crippen LogP contribution in [0.3, 0.4) is 0 Å². The minimum absolute atomic E-state index is 0.0121. The number of thiophene rings is 1. The van der Waals surface area contributed by atoms with E-state index in [1.165, 1.54) is 24.2 Å². The molecule has 2 rings (SSSR count). The fourth-order valence-corrected chi connectivity index (χ4v) is 5.20. The zero-order valence-electron chi connectivity index (χ0n) is 9.91. The summed E-state index contributed by atoms with van der Waals surface area (Å²) < 4.78 is 28.3. The summed E-state index contributed by atoms with van der Waals surface area (Å²) in [6.45, 7) is 0. The predicted molar refractivity (Wildman–Crippen MR) is 73.4 cm³/mol. The quantitative estimate of drug-likeness (QED) is 0.628. The molecule has 0 atom stereocenters. The van der Waals surface area contributed by atoms with Crippen LogP contribution in [-0.2, 0) is 10.0 Å². The Bertz CT molecular complexity index is 602. The Hall–Kier alpha value is -0.860. The maximum atomic E-state index is 11.9. The molecule has 0 bridgehead atoms. The maximum absolute atomic E-state index is 11.9. The summed E-state index contributed by atoms with van der Waals surface area (Å²) in [5.74, 6) is 0.727. The van der Waals surface area contributed by atoms with Crippen LogP contribution >= 0.6 is 23.1 Å². The van der Waals surface area contributed by atoms with E-state index in [4.69, 9.17) is 0 Å². The monoisotopic (exact) mass is 304 g/mol. The Labute approximate surface area is 114 Å². The SMILES string of the molecule is CN(C)C=NS(=O)(=O)c1cc2c(s1)SCCC2=O. The molecule has 18 heavy (non-hydrogen) atoms. The van der Waals surface area contributed by atoms with Gasteiger partial charge in [0.15, 0.2) is 5.78 Å². The van der Waals surface area contributed by atoms with Crippen LogP contribution < -0.4 is 0 Å². The standard InChI is InChI=1S/C10H12N2O3S3/c1-12(2)6-11-18(14,15)9-5-7-8(13)3-4-16-10(7)17-9/h5-6H,3-4H2,1-2H3. The van der Waals surface area contributed by atoms with Crippen LogP contribution in [0, 0.1) is 0 Å². The lowest BCUT2D eigenvalue weighted by molar-refractivity contribution is 0.0985. The van der Waals surface area contributed by atoms with E-state index in [0.29, 0.717) is 17.7 Å². The van der Waals surface area contributed by atoms with E-state index in [1.54, 1.807) is 19.0 Å². The molecule has 98 valence electrons. The van der Waals surface area contributed by atoms with E-state index < -0.39 is 10.0 Å². The summed E-state index contributed by atoms with van der Waals surface area (Å²) in [4.78, 5) is 13.2. The van der Waals surface area contributed by atoms with Gasteiger partial charge in [0.25, 0.3) is 10.0 Å². The molecule has 1 aliphatic heterocycles. The Balaban J connectivity index is 2.38. The van der Waals surface area contributed by atoms with Gasteiger partial charge in [-0.1, -0.05) is 0 Å². The van der Waals surface area contributed by atoms with Crippen molar-refractivity contribution in [2.24, 2.45) is 4.40 Å². The maximum Gasteiger partial charge on any atom is 0.293 e. The van der Waals surface area contributed by atoms with E-state index in [-0.39, 0.29) is 9.99 Å². The molecule has 1 aliphatic rings. The van der Waals surface area contributed by atoms with Gasteiger partial charge in [0, 0.05) is 31.8 Å². The van der Waals surface area contributed by atoms with Gasteiger partial charge in [0.1, 0.15) is 10.5 Å². The third-order valence-electron chi connectivity index (χ3n) is 2.21. The van der Waals surface area contributed by atoms with Crippen LogP contribution in [0.25, 0.3) is 0 Å². The zero-order chi connectivity index (χ0) is 13.3. The number of carbonyl (C=O) groups excluding carboxylic acids is 1. The van der Waals surface area contributed by atoms with E-state index >= 15 is 0 Å². The molecule has 1 aromatic rings. The lowest BCUT2D eigenvalue weighted by atomic mass is 10.2. The minimum Gasteiger partial charge on any atom is -0.368 e. The van der Waals surface area contributed by atoms with Crippen LogP contribution in [-0.4, -0.2) is 45.3 Å². The highest BCUT2D eigenvalue weighted by atomic mass is 32.3. The second-order valence-corrected chi connectivity index (χ2v) is 8.22. The molecule has 0 saturated heterocycles. The van der Waals surface area contributed by atoms with Gasteiger partial charge in [-0.25, -0.2) is 0 Å². The van der Waals surface area contributed by atoms with Gasteiger partial charge in [-0.05, 0) is 6.07 Å². The number of fused-ring (bicyclic) bond motifs is 1. The van der Waals surface area contributed by atoms with Gasteiger partial charge < -0.3 is 4.90 Å². The summed E-state index contributed by atoms with van der Waals surface area (Å²) >= 11 is 2.64. The Morgan fingerprint density at radius 1 is 1.44 bits per heavy atom. The molecule has 0 amide bonds. The fraction of sp³-hybridized carbons (Fsp3) is 0.400. The van der Waals surface area contributed by atoms with Gasteiger partial charge >= 0.3 is 0 Å². The number of Topliss-reactive ketones (excluding diaryl/α,β-unsaturated/α-hetero) is 1. The Kier molecular flexibility index (Phi) is 3.79. The summed E-state index contributed by atoms with van der Waals surface area (Å²) in [6, 6.07) is 1.44. The number of thioether (sulfide) groups is 1. The van der Waals surface area contributed by atoms with Crippen LogP contribution in [0.4, 0.5) is 0 Å². The van der Waals surface area contributed by atoms with Crippen LogP contribution in [0.5, 0.6) is 0 Å². The first-order valence-electron chi connectivity index (χ1n) is 5.17. The first kappa shape index (κ1) is 13.6. The molecule has 0 saturated carbocycles. The molecule has 0 aliphatic carbocycles. The van der Waals surface area contributed by atoms with Crippen molar-refractivity contribution in [2.75, 3.05) is 19.8 Å². The van der Waals surface area contributed by atoms with Crippen molar-refractivity contribution >= 4 is 45.2 Å². The van der Waals surface area contributed by atoms with Gasteiger partial charge in [-0.15, -0.1) is 27.5 Å². The molecule has 8 heteroatoms. The van der Waals surface area contributed by atoms with Crippen molar-refractivity contribution in [1.82, 2.24) is 4.90 Å². The molecule has 0 spiro atoms. The number of hydrogen-bond acceptors (Lipinski definition) is 5. The number of nitrogens with zero attached hydrogens (tertiary/aromatic N) is 2. The van der Waals surface area contributed by atoms with Crippen LogP contribution in [0.15, 0.2) is 18.9 Å². The molecular weight excluding hydrogens is 292 g/mol. The van der Waals surface area contributed by atoms with Gasteiger partial charge in [0.2, 0.25) is 0 Å². The van der Waals surface area contributed by atoms with E-state index in [2.05, 4.69) is 4.40 Å². The first-order chi connectivity index (χ1) is 8.40. The summed E-state index contributed by atoms with van der Waals surface area (Å²) in [5, 5.41) is 0. The van der Waals surface area contributed by atoms with Gasteiger partial charge in [-0.3, -0.25) is 4.79 Å². The molecule has 0 unspecified atom stereocenters. The van der Waals surface area contributed by atoms with Crippen LogP contribution in [0.2, 0.25) is 0 Å². The number of sulfonamides is 1. The highest BCUT2D eigenvalue weighted by molar-refractivity contribution is 8.01. The lowest BCUT2D eigenvalue weighted by Gasteiger charge is -2.07. The largest absolute Gasteiger partial charge is 0.368 e. The fourth-order valence-electron chi connectivity index (χ4n) is 1.36. The van der Waals surface area contributed by atoms with Crippen molar-refractivity contribution in [3.05, 3.63) is 11.6 Å². The third-order valence-corrected chi connectivity index (χ3v) is 6.31. The number of rotatable bonds is 3. The number of hydrogen-bond donors (Lipinski definition) is 0. The molecule has 0 aromatic carbocycles. The normalized spacial score (nSPS) is 16.0. The molecule has 0 N–H and O–H groups in total. The van der Waals surface area contributed by atoms with Gasteiger partial charge in [-0.2, -0.15) is 8.42 Å². The zero-order valence-corrected chi connectivity index (χ0v) is 12.4. The molecule has 1 aromatic heterocycles. The second-order valence-electron chi connectivity index (χ2n) is 3.95. The first-order valence-corrected chi connectivity index (χ1v) is 8.41. The molecule has 5 nitrogen and oxygen atoms in total. The highest BCUT2D eigenvalue weighted by Crippen LogP contribution is 2.39. The van der Waals surface area contributed by atoms with E-state index in [1.807, 2.05) is 0 Å². The summed E-state index contributed by atoms with van der Waals surface area (Å²) in [6.07, 6.45) is 1.71. The van der Waals surface area contributed by atoms with Gasteiger partial charge in [0.05, 0.1) is 4.21 Å². The van der Waals surface area contributed by atoms with Crippen LogP contribution in [0.1, 0.15) is 16.8 Å². The van der Waals surface area contributed by atoms with Crippen molar-refractivity contribution in [3.8, 4) is 0 Å². The number of carbonyl (C=O) groups is 1. The predicted octanol–water partition coefficient (Wildman–Crippen LogP) is 1.71. The molecule has 0 radical (unpaired) electrons. The molecular formula is C10H12N2O3S3. The third kappa shape index (κ3) is 2.76. The second kappa shape index (κ2) is 5.02. The lowest BCUT2D eigenvalue weighted by Crippen LogP contribution is -2.09. The molecule has 0 fully saturated rings. The minimum atomic E-state index is -3.69. The summed E-state index contributed by atoms with van der Waals surface area (Å²) in [5.41, 5.74) is 0.523. The van der Waals surface area contributed by atoms with Crippen molar-refractivity contribution < 1.29 is 13.2 Å². The topological polar surface area (TPSA) is 66.8 Å². The van der Waals surface area contributed by atoms with Crippen molar-refractivity contribution in [3.63, 3.8) is 0 Å². The molecule has 2 heterocycles. The smallest absolute Gasteiger partial charge is 0.293 e.